The van der Waals surface area contributed by atoms with Gasteiger partial charge < -0.3 is 14.1 Å². The van der Waals surface area contributed by atoms with E-state index in [1.807, 2.05) is 31.2 Å². The van der Waals surface area contributed by atoms with E-state index in [0.717, 1.165) is 16.8 Å². The number of nitrogens with zero attached hydrogens (tertiary/aromatic N) is 4. The second-order valence-electron chi connectivity index (χ2n) is 6.38. The minimum atomic E-state index is -0.178. The first-order valence-corrected chi connectivity index (χ1v) is 8.35. The Kier molecular flexibility index (Phi) is 4.26. The molecule has 1 saturated heterocycles. The molecule has 1 N–H and O–H groups in total. The molecule has 8 nitrogen and oxygen atoms in total. The van der Waals surface area contributed by atoms with Gasteiger partial charge in [-0.05, 0) is 6.92 Å². The van der Waals surface area contributed by atoms with Crippen molar-refractivity contribution in [2.75, 3.05) is 20.2 Å². The van der Waals surface area contributed by atoms with E-state index >= 15 is 0 Å². The lowest BCUT2D eigenvalue weighted by Crippen LogP contribution is -2.30. The Balaban J connectivity index is 1.59. The highest BCUT2D eigenvalue weighted by molar-refractivity contribution is 5.97. The molecular weight excluding hydrogens is 334 g/mol. The van der Waals surface area contributed by atoms with Crippen LogP contribution >= 0.6 is 0 Å². The van der Waals surface area contributed by atoms with Crippen LogP contribution in [0.5, 0.6) is 0 Å². The van der Waals surface area contributed by atoms with E-state index in [-0.39, 0.29) is 17.9 Å². The summed E-state index contributed by atoms with van der Waals surface area (Å²) >= 11 is 0. The second-order valence-corrected chi connectivity index (χ2v) is 6.38. The number of aromatic amines is 1. The predicted molar refractivity (Wildman–Crippen MR) is 92.5 cm³/mol. The molecule has 0 saturated carbocycles. The Hall–Kier alpha value is -3.00. The van der Waals surface area contributed by atoms with Gasteiger partial charge in [0.05, 0.1) is 23.9 Å². The zero-order valence-corrected chi connectivity index (χ0v) is 14.5. The normalized spacial score (nSPS) is 19.8. The SMILES string of the molecule is CO[C@@H]1CN(C(=O)c2ncoc2-c2ccc(C)cc2)C[C@H]1c1cn[nH]n1. The molecule has 134 valence electrons. The van der Waals surface area contributed by atoms with Crippen molar-refractivity contribution in [2.24, 2.45) is 0 Å². The largest absolute Gasteiger partial charge is 0.443 e. The molecule has 26 heavy (non-hydrogen) atoms. The number of hydrogen-bond donors (Lipinski definition) is 1. The number of likely N-dealkylation sites (tertiary alicyclic amines) is 1. The number of carbonyl (C=O) groups excluding carboxylic acids is 1. The smallest absolute Gasteiger partial charge is 0.276 e. The van der Waals surface area contributed by atoms with Crippen molar-refractivity contribution in [3.8, 4) is 11.3 Å². The number of methoxy groups -OCH3 is 1. The van der Waals surface area contributed by atoms with Crippen LogP contribution in [0.15, 0.2) is 41.3 Å². The lowest BCUT2D eigenvalue weighted by Gasteiger charge is -2.15. The Labute approximate surface area is 150 Å². The van der Waals surface area contributed by atoms with Crippen LogP contribution in [0.3, 0.4) is 0 Å². The number of carbonyl (C=O) groups is 1. The first-order valence-electron chi connectivity index (χ1n) is 8.35. The highest BCUT2D eigenvalue weighted by atomic mass is 16.5. The molecule has 0 spiro atoms. The summed E-state index contributed by atoms with van der Waals surface area (Å²) in [4.78, 5) is 18.9. The van der Waals surface area contributed by atoms with Crippen LogP contribution in [0.2, 0.25) is 0 Å². The Bertz CT molecular complexity index is 888. The topological polar surface area (TPSA) is 97.1 Å². The fourth-order valence-electron chi connectivity index (χ4n) is 3.31. The minimum Gasteiger partial charge on any atom is -0.443 e. The van der Waals surface area contributed by atoms with Gasteiger partial charge in [0.2, 0.25) is 0 Å². The van der Waals surface area contributed by atoms with Crippen molar-refractivity contribution >= 4 is 5.91 Å². The molecule has 2 atom stereocenters. The maximum absolute atomic E-state index is 13.0. The van der Waals surface area contributed by atoms with Gasteiger partial charge in [-0.1, -0.05) is 29.8 Å². The molecule has 3 heterocycles. The number of ether oxygens (including phenoxy) is 1. The third kappa shape index (κ3) is 2.88. The van der Waals surface area contributed by atoms with Gasteiger partial charge in [-0.25, -0.2) is 4.98 Å². The lowest BCUT2D eigenvalue weighted by atomic mass is 10.0. The van der Waals surface area contributed by atoms with Crippen LogP contribution in [0.25, 0.3) is 11.3 Å². The number of benzene rings is 1. The zero-order valence-electron chi connectivity index (χ0n) is 14.5. The molecule has 1 amide bonds. The third-order valence-electron chi connectivity index (χ3n) is 4.75. The number of aromatic nitrogens is 4. The number of aryl methyl sites for hydroxylation is 1. The van der Waals surface area contributed by atoms with Gasteiger partial charge in [0.1, 0.15) is 0 Å². The fraction of sp³-hybridized carbons (Fsp3) is 0.333. The van der Waals surface area contributed by atoms with Crippen molar-refractivity contribution in [1.29, 1.82) is 0 Å². The molecule has 0 bridgehead atoms. The van der Waals surface area contributed by atoms with Crippen LogP contribution in [-0.2, 0) is 4.74 Å². The van der Waals surface area contributed by atoms with Crippen molar-refractivity contribution in [3.05, 3.63) is 53.8 Å². The lowest BCUT2D eigenvalue weighted by molar-refractivity contribution is 0.0710. The average Bonchev–Trinajstić information content (AvgIpc) is 3.40. The third-order valence-corrected chi connectivity index (χ3v) is 4.75. The Morgan fingerprint density at radius 3 is 2.81 bits per heavy atom. The number of amides is 1. The van der Waals surface area contributed by atoms with Gasteiger partial charge in [0.25, 0.3) is 5.91 Å². The molecule has 1 aliphatic rings. The first-order chi connectivity index (χ1) is 12.7. The molecule has 0 unspecified atom stereocenters. The summed E-state index contributed by atoms with van der Waals surface area (Å²) < 4.78 is 11.1. The number of rotatable bonds is 4. The number of hydrogen-bond acceptors (Lipinski definition) is 6. The molecule has 0 radical (unpaired) electrons. The summed E-state index contributed by atoms with van der Waals surface area (Å²) in [6.45, 7) is 2.96. The second kappa shape index (κ2) is 6.72. The summed E-state index contributed by atoms with van der Waals surface area (Å²) in [6.07, 6.45) is 2.83. The monoisotopic (exact) mass is 353 g/mol. The van der Waals surface area contributed by atoms with E-state index in [1.165, 1.54) is 6.39 Å². The van der Waals surface area contributed by atoms with Crippen LogP contribution in [0.1, 0.15) is 27.7 Å². The molecule has 4 rings (SSSR count). The van der Waals surface area contributed by atoms with Crippen molar-refractivity contribution in [1.82, 2.24) is 25.3 Å². The fourth-order valence-corrected chi connectivity index (χ4v) is 3.31. The number of oxazole rings is 1. The molecule has 1 fully saturated rings. The maximum atomic E-state index is 13.0. The summed E-state index contributed by atoms with van der Waals surface area (Å²) in [5, 5.41) is 10.6. The molecule has 0 aliphatic carbocycles. The van der Waals surface area contributed by atoms with Gasteiger partial charge in [0.15, 0.2) is 17.8 Å². The van der Waals surface area contributed by atoms with E-state index < -0.39 is 0 Å². The summed E-state index contributed by atoms with van der Waals surface area (Å²) in [6, 6.07) is 7.80. The summed E-state index contributed by atoms with van der Waals surface area (Å²) in [5.41, 5.74) is 3.06. The Morgan fingerprint density at radius 2 is 2.12 bits per heavy atom. The van der Waals surface area contributed by atoms with Crippen molar-refractivity contribution < 1.29 is 13.9 Å². The van der Waals surface area contributed by atoms with E-state index in [2.05, 4.69) is 20.4 Å². The van der Waals surface area contributed by atoms with Crippen LogP contribution in [0.4, 0.5) is 0 Å². The molecule has 3 aromatic rings. The van der Waals surface area contributed by atoms with E-state index in [4.69, 9.17) is 9.15 Å². The number of H-pyrrole nitrogens is 1. The highest BCUT2D eigenvalue weighted by Crippen LogP contribution is 2.31. The quantitative estimate of drug-likeness (QED) is 0.771. The van der Waals surface area contributed by atoms with Gasteiger partial charge in [0, 0.05) is 25.8 Å². The molecule has 2 aromatic heterocycles. The van der Waals surface area contributed by atoms with Crippen molar-refractivity contribution in [3.63, 3.8) is 0 Å². The van der Waals surface area contributed by atoms with Crippen LogP contribution < -0.4 is 0 Å². The first kappa shape index (κ1) is 16.5. The highest BCUT2D eigenvalue weighted by Gasteiger charge is 2.39. The summed E-state index contributed by atoms with van der Waals surface area (Å²) in [5.74, 6) is 0.272. The Morgan fingerprint density at radius 1 is 1.31 bits per heavy atom. The van der Waals surface area contributed by atoms with Crippen LogP contribution in [-0.4, -0.2) is 57.5 Å². The molecular formula is C18H19N5O3. The van der Waals surface area contributed by atoms with E-state index in [0.29, 0.717) is 24.5 Å². The molecule has 1 aromatic carbocycles. The zero-order chi connectivity index (χ0) is 18.1. The van der Waals surface area contributed by atoms with E-state index in [1.54, 1.807) is 18.2 Å². The van der Waals surface area contributed by atoms with Gasteiger partial charge in [-0.15, -0.1) is 0 Å². The average molecular weight is 353 g/mol. The summed E-state index contributed by atoms with van der Waals surface area (Å²) in [7, 11) is 1.64. The standard InChI is InChI=1S/C18H19N5O3/c1-11-3-5-12(6-4-11)17-16(19-10-26-17)18(24)23-8-13(15(9-23)25-2)14-7-20-22-21-14/h3-7,10,13,15H,8-9H2,1-2H3,(H,20,21,22)/t13-,15+/m0/s1. The van der Waals surface area contributed by atoms with E-state index in [9.17, 15) is 4.79 Å². The van der Waals surface area contributed by atoms with Gasteiger partial charge >= 0.3 is 0 Å². The predicted octanol–water partition coefficient (Wildman–Crippen LogP) is 2.02. The van der Waals surface area contributed by atoms with Gasteiger partial charge in [-0.3, -0.25) is 4.79 Å². The van der Waals surface area contributed by atoms with Gasteiger partial charge in [-0.2, -0.15) is 15.4 Å². The molecule has 1 aliphatic heterocycles. The number of nitrogens with one attached hydrogen (secondary N) is 1. The van der Waals surface area contributed by atoms with Crippen molar-refractivity contribution in [2.45, 2.75) is 18.9 Å². The molecule has 8 heteroatoms. The maximum Gasteiger partial charge on any atom is 0.276 e. The minimum absolute atomic E-state index is 0.0302. The van der Waals surface area contributed by atoms with Crippen LogP contribution in [0, 0.1) is 6.92 Å².